The predicted octanol–water partition coefficient (Wildman–Crippen LogP) is 0.514. The molecule has 0 aromatic carbocycles. The minimum Gasteiger partial charge on any atom is -0.114 e. The molecule has 0 heterocycles. The van der Waals surface area contributed by atoms with E-state index in [1.165, 1.54) is 0 Å². The van der Waals surface area contributed by atoms with Gasteiger partial charge in [0, 0.05) is 0 Å². The summed E-state index contributed by atoms with van der Waals surface area (Å²) in [5.74, 6) is 0. The number of hydrogen-bond acceptors (Lipinski definition) is 0. The van der Waals surface area contributed by atoms with Gasteiger partial charge in [0.25, 0.3) is 0 Å². The zero-order valence-corrected chi connectivity index (χ0v) is 4.28. The van der Waals surface area contributed by atoms with Crippen LogP contribution in [0.15, 0.2) is 25.3 Å². The SMILES string of the molecule is C=CC(Cl)C=C.[SiH4]. The van der Waals surface area contributed by atoms with Crippen molar-refractivity contribution in [2.75, 3.05) is 0 Å². The van der Waals surface area contributed by atoms with Crippen molar-refractivity contribution in [3.05, 3.63) is 25.3 Å². The number of rotatable bonds is 2. The van der Waals surface area contributed by atoms with Gasteiger partial charge in [-0.2, -0.15) is 0 Å². The summed E-state index contributed by atoms with van der Waals surface area (Å²) in [6, 6.07) is 0. The number of halogens is 1. The fourth-order valence-electron chi connectivity index (χ4n) is 0.0962. The van der Waals surface area contributed by atoms with Gasteiger partial charge >= 0.3 is 0 Å². The lowest BCUT2D eigenvalue weighted by Gasteiger charge is -1.85. The van der Waals surface area contributed by atoms with Crippen LogP contribution in [0.3, 0.4) is 0 Å². The molecule has 0 atom stereocenters. The van der Waals surface area contributed by atoms with Crippen molar-refractivity contribution in [2.45, 2.75) is 5.38 Å². The van der Waals surface area contributed by atoms with E-state index in [9.17, 15) is 0 Å². The van der Waals surface area contributed by atoms with Crippen molar-refractivity contribution in [2.24, 2.45) is 0 Å². The Balaban J connectivity index is 0. The van der Waals surface area contributed by atoms with Gasteiger partial charge in [-0.25, -0.2) is 0 Å². The summed E-state index contributed by atoms with van der Waals surface area (Å²) in [7, 11) is 0. The first-order valence-corrected chi connectivity index (χ1v) is 2.14. The molecule has 0 radical (unpaired) electrons. The first-order chi connectivity index (χ1) is 2.81. The lowest BCUT2D eigenvalue weighted by molar-refractivity contribution is 1.42. The lowest BCUT2D eigenvalue weighted by Crippen LogP contribution is -1.79. The predicted molar refractivity (Wildman–Crippen MR) is 41.4 cm³/mol. The fraction of sp³-hybridized carbons (Fsp3) is 0.200. The third kappa shape index (κ3) is 5.99. The van der Waals surface area contributed by atoms with Crippen LogP contribution in [0.2, 0.25) is 0 Å². The fourth-order valence-corrected chi connectivity index (χ4v) is 0.0962. The maximum Gasteiger partial charge on any atom is 0.0691 e. The van der Waals surface area contributed by atoms with Gasteiger partial charge in [0.2, 0.25) is 0 Å². The summed E-state index contributed by atoms with van der Waals surface area (Å²) >= 11 is 5.41. The van der Waals surface area contributed by atoms with Crippen LogP contribution in [0.1, 0.15) is 0 Å². The first-order valence-electron chi connectivity index (χ1n) is 1.70. The molecule has 0 rings (SSSR count). The highest BCUT2D eigenvalue weighted by atomic mass is 35.5. The van der Waals surface area contributed by atoms with Crippen molar-refractivity contribution < 1.29 is 0 Å². The topological polar surface area (TPSA) is 0 Å². The smallest absolute Gasteiger partial charge is 0.0691 e. The summed E-state index contributed by atoms with van der Waals surface area (Å²) < 4.78 is 0. The van der Waals surface area contributed by atoms with Gasteiger partial charge in [-0.3, -0.25) is 0 Å². The molecule has 0 aliphatic carbocycles. The summed E-state index contributed by atoms with van der Waals surface area (Å²) in [6.45, 7) is 6.86. The van der Waals surface area contributed by atoms with Gasteiger partial charge in [-0.05, 0) is 11.0 Å². The Morgan fingerprint density at radius 3 is 1.57 bits per heavy atom. The van der Waals surface area contributed by atoms with E-state index >= 15 is 0 Å². The van der Waals surface area contributed by atoms with E-state index in [0.717, 1.165) is 0 Å². The van der Waals surface area contributed by atoms with Crippen LogP contribution in [0.25, 0.3) is 0 Å². The van der Waals surface area contributed by atoms with E-state index in [2.05, 4.69) is 13.2 Å². The van der Waals surface area contributed by atoms with E-state index in [1.54, 1.807) is 12.2 Å². The van der Waals surface area contributed by atoms with Gasteiger partial charge in [0.1, 0.15) is 0 Å². The van der Waals surface area contributed by atoms with Crippen LogP contribution in [0.5, 0.6) is 0 Å². The molecule has 0 nitrogen and oxygen atoms in total. The second-order valence-electron chi connectivity index (χ2n) is 0.916. The van der Waals surface area contributed by atoms with E-state index in [1.807, 2.05) is 0 Å². The summed E-state index contributed by atoms with van der Waals surface area (Å²) in [6.07, 6.45) is 3.24. The van der Waals surface area contributed by atoms with Crippen LogP contribution < -0.4 is 0 Å². The molecule has 0 amide bonds. The Bertz CT molecular complexity index is 53.1. The van der Waals surface area contributed by atoms with Gasteiger partial charge in [-0.1, -0.05) is 12.2 Å². The lowest BCUT2D eigenvalue weighted by atomic mass is 10.4. The molecule has 0 aromatic heterocycles. The van der Waals surface area contributed by atoms with E-state index in [-0.39, 0.29) is 16.3 Å². The molecule has 0 spiro atoms. The Labute approximate surface area is 53.9 Å². The zero-order valence-electron chi connectivity index (χ0n) is 3.52. The first kappa shape index (κ1) is 10.1. The van der Waals surface area contributed by atoms with Crippen LogP contribution in [-0.2, 0) is 0 Å². The molecular formula is C5H11ClSi. The molecule has 0 bridgehead atoms. The molecule has 0 saturated heterocycles. The average Bonchev–Trinajstić information content (AvgIpc) is 1.65. The molecule has 7 heavy (non-hydrogen) atoms. The molecule has 0 aliphatic heterocycles. The highest BCUT2D eigenvalue weighted by molar-refractivity contribution is 6.22. The average molecular weight is 135 g/mol. The molecule has 0 aliphatic rings. The zero-order chi connectivity index (χ0) is 4.99. The number of hydrogen-bond donors (Lipinski definition) is 0. The van der Waals surface area contributed by atoms with Gasteiger partial charge < -0.3 is 0 Å². The Morgan fingerprint density at radius 1 is 1.29 bits per heavy atom. The molecule has 2 heteroatoms. The Hall–Kier alpha value is -0.0131. The quantitative estimate of drug-likeness (QED) is 0.294. The standard InChI is InChI=1S/C5H7Cl.H4Si/c1-3-5(6)4-2;/h3-5H,1-2H2;1H4. The van der Waals surface area contributed by atoms with Crippen molar-refractivity contribution >= 4 is 22.6 Å². The third-order valence-corrected chi connectivity index (χ3v) is 0.807. The Morgan fingerprint density at radius 2 is 1.57 bits per heavy atom. The second kappa shape index (κ2) is 5.99. The molecule has 0 aromatic rings. The van der Waals surface area contributed by atoms with Gasteiger partial charge in [0.15, 0.2) is 0 Å². The van der Waals surface area contributed by atoms with Crippen molar-refractivity contribution in [3.63, 3.8) is 0 Å². The Kier molecular flexibility index (Phi) is 8.61. The minimum absolute atomic E-state index is 0. The molecule has 0 fully saturated rings. The van der Waals surface area contributed by atoms with Gasteiger partial charge in [-0.15, -0.1) is 24.8 Å². The monoisotopic (exact) mass is 134 g/mol. The largest absolute Gasteiger partial charge is 0.114 e. The van der Waals surface area contributed by atoms with Crippen LogP contribution >= 0.6 is 11.6 Å². The van der Waals surface area contributed by atoms with Crippen molar-refractivity contribution in [1.82, 2.24) is 0 Å². The van der Waals surface area contributed by atoms with E-state index in [4.69, 9.17) is 11.6 Å². The summed E-state index contributed by atoms with van der Waals surface area (Å²) in [5, 5.41) is -0.0648. The van der Waals surface area contributed by atoms with E-state index < -0.39 is 0 Å². The van der Waals surface area contributed by atoms with Crippen molar-refractivity contribution in [3.8, 4) is 0 Å². The van der Waals surface area contributed by atoms with Crippen molar-refractivity contribution in [1.29, 1.82) is 0 Å². The molecule has 42 valence electrons. The van der Waals surface area contributed by atoms with E-state index in [0.29, 0.717) is 0 Å². The maximum atomic E-state index is 5.41. The van der Waals surface area contributed by atoms with Gasteiger partial charge in [0.05, 0.1) is 5.38 Å². The third-order valence-electron chi connectivity index (χ3n) is 0.450. The maximum absolute atomic E-state index is 5.41. The van der Waals surface area contributed by atoms with Crippen LogP contribution in [0, 0.1) is 0 Å². The molecular weight excluding hydrogens is 124 g/mol. The number of alkyl halides is 1. The normalized spacial score (nSPS) is 7.14. The highest BCUT2D eigenvalue weighted by Crippen LogP contribution is 1.94. The second-order valence-corrected chi connectivity index (χ2v) is 1.42. The van der Waals surface area contributed by atoms with Crippen LogP contribution in [-0.4, -0.2) is 16.3 Å². The molecule has 0 unspecified atom stereocenters. The van der Waals surface area contributed by atoms with Crippen LogP contribution in [0.4, 0.5) is 0 Å². The molecule has 0 N–H and O–H groups in total. The highest BCUT2D eigenvalue weighted by Gasteiger charge is 1.82. The number of allylic oxidation sites excluding steroid dienone is 2. The minimum atomic E-state index is -0.0648. The summed E-state index contributed by atoms with van der Waals surface area (Å²) in [4.78, 5) is 0. The molecule has 0 saturated carbocycles. The summed E-state index contributed by atoms with van der Waals surface area (Å²) in [5.41, 5.74) is 0.